The van der Waals surface area contributed by atoms with Gasteiger partial charge in [0.25, 0.3) is 0 Å². The monoisotopic (exact) mass is 228 g/mol. The Morgan fingerprint density at radius 3 is 2.80 bits per heavy atom. The normalized spacial score (nSPS) is 14.5. The first-order valence-corrected chi connectivity index (χ1v) is 6.46. The van der Waals surface area contributed by atoms with Gasteiger partial charge in [0.15, 0.2) is 0 Å². The van der Waals surface area contributed by atoms with E-state index in [0.717, 1.165) is 6.42 Å². The molecule has 3 N–H and O–H groups in total. The summed E-state index contributed by atoms with van der Waals surface area (Å²) in [6, 6.07) is 3.70. The van der Waals surface area contributed by atoms with Crippen LogP contribution in [0.15, 0.2) is 12.1 Å². The Bertz CT molecular complexity index is 327. The van der Waals surface area contributed by atoms with Gasteiger partial charge in [0.2, 0.25) is 0 Å². The van der Waals surface area contributed by atoms with E-state index in [9.17, 15) is 4.21 Å². The molecule has 0 aromatic carbocycles. The average molecular weight is 228 g/mol. The maximum atomic E-state index is 10.9. The molecule has 1 heterocycles. The van der Waals surface area contributed by atoms with Crippen LogP contribution in [0.2, 0.25) is 0 Å². The van der Waals surface area contributed by atoms with Crippen molar-refractivity contribution in [1.29, 1.82) is 0 Å². The minimum absolute atomic E-state index is 0.229. The van der Waals surface area contributed by atoms with Crippen LogP contribution < -0.4 is 11.1 Å². The number of nitrogens with two attached hydrogens (primary N) is 1. The van der Waals surface area contributed by atoms with Crippen molar-refractivity contribution in [3.63, 3.8) is 0 Å². The maximum absolute atomic E-state index is 10.9. The summed E-state index contributed by atoms with van der Waals surface area (Å²) in [7, 11) is -0.744. The van der Waals surface area contributed by atoms with Gasteiger partial charge in [0.05, 0.1) is 0 Å². The molecule has 0 amide bonds. The van der Waals surface area contributed by atoms with Crippen molar-refractivity contribution >= 4 is 22.4 Å². The summed E-state index contributed by atoms with van der Waals surface area (Å²) in [6.07, 6.45) is 2.55. The van der Waals surface area contributed by atoms with Gasteiger partial charge in [-0.15, -0.1) is 10.2 Å². The summed E-state index contributed by atoms with van der Waals surface area (Å²) >= 11 is 0. The maximum Gasteiger partial charge on any atom is 0.149 e. The highest BCUT2D eigenvalue weighted by Crippen LogP contribution is 2.06. The number of rotatable bonds is 5. The molecule has 15 heavy (non-hydrogen) atoms. The van der Waals surface area contributed by atoms with Gasteiger partial charge in [0.1, 0.15) is 11.6 Å². The molecule has 6 heteroatoms. The zero-order valence-electron chi connectivity index (χ0n) is 8.93. The predicted octanol–water partition coefficient (Wildman–Crippen LogP) is 0.628. The lowest BCUT2D eigenvalue weighted by Crippen LogP contribution is -2.18. The van der Waals surface area contributed by atoms with E-state index in [1.54, 1.807) is 18.4 Å². The van der Waals surface area contributed by atoms with Crippen molar-refractivity contribution < 1.29 is 4.21 Å². The molecule has 1 aromatic heterocycles. The van der Waals surface area contributed by atoms with Crippen LogP contribution in [0.4, 0.5) is 11.6 Å². The van der Waals surface area contributed by atoms with Gasteiger partial charge in [-0.2, -0.15) is 0 Å². The van der Waals surface area contributed by atoms with Crippen LogP contribution in [0.1, 0.15) is 13.3 Å². The molecule has 0 bridgehead atoms. The van der Waals surface area contributed by atoms with E-state index in [1.165, 1.54) is 0 Å². The molecule has 0 aliphatic carbocycles. The summed E-state index contributed by atoms with van der Waals surface area (Å²) in [5.74, 6) is 1.79. The smallest absolute Gasteiger partial charge is 0.149 e. The van der Waals surface area contributed by atoms with Crippen LogP contribution in [-0.4, -0.2) is 32.5 Å². The van der Waals surface area contributed by atoms with Crippen LogP contribution in [0.3, 0.4) is 0 Å². The topological polar surface area (TPSA) is 80.9 Å². The third-order valence-corrected chi connectivity index (χ3v) is 2.73. The Morgan fingerprint density at radius 1 is 1.53 bits per heavy atom. The third kappa shape index (κ3) is 4.73. The number of anilines is 2. The van der Waals surface area contributed by atoms with Gasteiger partial charge in [-0.05, 0) is 25.5 Å². The second kappa shape index (κ2) is 5.65. The Hall–Kier alpha value is -1.17. The molecule has 1 aromatic rings. The second-order valence-corrected chi connectivity index (χ2v) is 5.01. The van der Waals surface area contributed by atoms with Crippen molar-refractivity contribution in [2.45, 2.75) is 19.4 Å². The van der Waals surface area contributed by atoms with Gasteiger partial charge in [0, 0.05) is 28.9 Å². The van der Waals surface area contributed by atoms with Crippen LogP contribution in [0.5, 0.6) is 0 Å². The number of aromatic nitrogens is 2. The minimum atomic E-state index is -0.744. The molecule has 2 unspecified atom stereocenters. The first kappa shape index (κ1) is 11.9. The van der Waals surface area contributed by atoms with E-state index in [2.05, 4.69) is 15.5 Å². The summed E-state index contributed by atoms with van der Waals surface area (Å²) in [5, 5.41) is 10.8. The van der Waals surface area contributed by atoms with Crippen molar-refractivity contribution in [1.82, 2.24) is 10.2 Å². The molecular formula is C9H16N4OS. The molecule has 0 aliphatic heterocycles. The van der Waals surface area contributed by atoms with Gasteiger partial charge >= 0.3 is 0 Å². The number of nitrogens with one attached hydrogen (secondary N) is 1. The van der Waals surface area contributed by atoms with Crippen molar-refractivity contribution in [2.75, 3.05) is 23.1 Å². The van der Waals surface area contributed by atoms with E-state index in [0.29, 0.717) is 17.4 Å². The zero-order chi connectivity index (χ0) is 11.3. The lowest BCUT2D eigenvalue weighted by molar-refractivity contribution is 0.678. The van der Waals surface area contributed by atoms with Gasteiger partial charge in [-0.3, -0.25) is 4.21 Å². The van der Waals surface area contributed by atoms with E-state index in [-0.39, 0.29) is 6.04 Å². The van der Waals surface area contributed by atoms with Gasteiger partial charge in [-0.25, -0.2) is 0 Å². The zero-order valence-corrected chi connectivity index (χ0v) is 9.75. The van der Waals surface area contributed by atoms with E-state index in [1.807, 2.05) is 6.92 Å². The summed E-state index contributed by atoms with van der Waals surface area (Å²) in [6.45, 7) is 2.02. The largest absolute Gasteiger partial charge is 0.382 e. The molecular weight excluding hydrogens is 212 g/mol. The second-order valence-electron chi connectivity index (χ2n) is 3.45. The molecule has 5 nitrogen and oxygen atoms in total. The Balaban J connectivity index is 2.40. The lowest BCUT2D eigenvalue weighted by atomic mass is 10.2. The molecule has 2 atom stereocenters. The number of hydrogen-bond donors (Lipinski definition) is 2. The summed E-state index contributed by atoms with van der Waals surface area (Å²) < 4.78 is 10.9. The standard InChI is InChI=1S/C9H16N4OS/c1-7(5-6-15(2)14)11-9-4-3-8(10)12-13-9/h3-4,7H,5-6H2,1-2H3,(H2,10,12)(H,11,13). The Kier molecular flexibility index (Phi) is 4.48. The fourth-order valence-electron chi connectivity index (χ4n) is 1.09. The van der Waals surface area contributed by atoms with E-state index >= 15 is 0 Å². The lowest BCUT2D eigenvalue weighted by Gasteiger charge is -2.12. The fourth-order valence-corrected chi connectivity index (χ4v) is 1.77. The van der Waals surface area contributed by atoms with Crippen molar-refractivity contribution in [3.8, 4) is 0 Å². The summed E-state index contributed by atoms with van der Waals surface area (Å²) in [5.41, 5.74) is 5.41. The molecule has 0 spiro atoms. The Labute approximate surface area is 91.9 Å². The molecule has 0 saturated heterocycles. The molecule has 0 saturated carbocycles. The molecule has 1 rings (SSSR count). The summed E-state index contributed by atoms with van der Waals surface area (Å²) in [4.78, 5) is 0. The SMILES string of the molecule is CC(CCS(C)=O)Nc1ccc(N)nn1. The van der Waals surface area contributed by atoms with Crippen LogP contribution in [0.25, 0.3) is 0 Å². The van der Waals surface area contributed by atoms with Crippen molar-refractivity contribution in [3.05, 3.63) is 12.1 Å². The quantitative estimate of drug-likeness (QED) is 0.772. The average Bonchev–Trinajstić information content (AvgIpc) is 2.19. The van der Waals surface area contributed by atoms with E-state index < -0.39 is 10.8 Å². The molecule has 0 aliphatic rings. The molecule has 0 radical (unpaired) electrons. The predicted molar refractivity (Wildman–Crippen MR) is 63.1 cm³/mol. The van der Waals surface area contributed by atoms with Crippen LogP contribution in [-0.2, 0) is 10.8 Å². The number of hydrogen-bond acceptors (Lipinski definition) is 5. The molecule has 84 valence electrons. The molecule has 0 fully saturated rings. The highest BCUT2D eigenvalue weighted by Gasteiger charge is 2.04. The van der Waals surface area contributed by atoms with Gasteiger partial charge < -0.3 is 11.1 Å². The van der Waals surface area contributed by atoms with Crippen LogP contribution in [0, 0.1) is 0 Å². The Morgan fingerprint density at radius 2 is 2.27 bits per heavy atom. The number of nitrogen functional groups attached to an aromatic ring is 1. The highest BCUT2D eigenvalue weighted by atomic mass is 32.2. The van der Waals surface area contributed by atoms with Crippen molar-refractivity contribution in [2.24, 2.45) is 0 Å². The first-order valence-electron chi connectivity index (χ1n) is 4.73. The third-order valence-electron chi connectivity index (χ3n) is 1.92. The fraction of sp³-hybridized carbons (Fsp3) is 0.556. The van der Waals surface area contributed by atoms with Gasteiger partial charge in [-0.1, -0.05) is 0 Å². The highest BCUT2D eigenvalue weighted by molar-refractivity contribution is 7.84. The first-order chi connectivity index (χ1) is 7.08. The van der Waals surface area contributed by atoms with Crippen LogP contribution >= 0.6 is 0 Å². The minimum Gasteiger partial charge on any atom is -0.382 e. The van der Waals surface area contributed by atoms with E-state index in [4.69, 9.17) is 5.73 Å². The number of nitrogens with zero attached hydrogens (tertiary/aromatic N) is 2.